The lowest BCUT2D eigenvalue weighted by atomic mass is 10.0. The minimum atomic E-state index is -1.62. The van der Waals surface area contributed by atoms with Crippen molar-refractivity contribution >= 4 is 24.9 Å². The number of carbonyl (C=O) groups excluding carboxylic acids is 3. The molecule has 0 amide bonds. The molecule has 2 aromatic carbocycles. The van der Waals surface area contributed by atoms with Crippen LogP contribution in [-0.4, -0.2) is 29.8 Å². The van der Waals surface area contributed by atoms with Gasteiger partial charge in [-0.1, -0.05) is 35.4 Å². The quantitative estimate of drug-likeness (QED) is 0.297. The summed E-state index contributed by atoms with van der Waals surface area (Å²) in [5, 5.41) is 0. The fraction of sp³-hybridized carbons (Fsp3) is 0.400. The molecule has 4 nitrogen and oxygen atoms in total. The summed E-state index contributed by atoms with van der Waals surface area (Å²) in [5.74, 6) is -0.354. The summed E-state index contributed by atoms with van der Waals surface area (Å²) in [7, 11) is -1.62. The molecule has 0 radical (unpaired) electrons. The van der Waals surface area contributed by atoms with Gasteiger partial charge in [0.2, 0.25) is 0 Å². The molecule has 30 heavy (non-hydrogen) atoms. The largest absolute Gasteiger partial charge is 0.466 e. The van der Waals surface area contributed by atoms with Crippen LogP contribution in [-0.2, 0) is 9.53 Å². The molecule has 0 saturated carbocycles. The Morgan fingerprint density at radius 2 is 1.10 bits per heavy atom. The van der Waals surface area contributed by atoms with Gasteiger partial charge in [0.05, 0.1) is 6.61 Å². The van der Waals surface area contributed by atoms with Crippen LogP contribution in [0.15, 0.2) is 24.3 Å². The predicted octanol–water partition coefficient (Wildman–Crippen LogP) is 5.95. The van der Waals surface area contributed by atoms with E-state index in [1.165, 1.54) is 6.92 Å². The number of esters is 1. The Bertz CT molecular complexity index is 875. The van der Waals surface area contributed by atoms with E-state index >= 15 is 0 Å². The second kappa shape index (κ2) is 10.1. The van der Waals surface area contributed by atoms with E-state index in [-0.39, 0.29) is 23.6 Å². The number of hydrogen-bond donors (Lipinski definition) is 0. The zero-order chi connectivity index (χ0) is 22.6. The second-order valence-electron chi connectivity index (χ2n) is 8.00. The monoisotopic (exact) mass is 426 g/mol. The summed E-state index contributed by atoms with van der Waals surface area (Å²) in [4.78, 5) is 38.4. The molecule has 2 rings (SSSR count). The van der Waals surface area contributed by atoms with Gasteiger partial charge in [-0.2, -0.15) is 0 Å². The summed E-state index contributed by atoms with van der Waals surface area (Å²) < 4.78 is 5.04. The molecule has 0 bridgehead atoms. The third kappa shape index (κ3) is 5.64. The van der Waals surface area contributed by atoms with Crippen molar-refractivity contribution in [3.8, 4) is 0 Å². The molecule has 0 aromatic heterocycles. The third-order valence-corrected chi connectivity index (χ3v) is 7.29. The fourth-order valence-electron chi connectivity index (χ4n) is 4.04. The lowest BCUT2D eigenvalue weighted by Gasteiger charge is -2.20. The molecule has 0 aliphatic carbocycles. The molecule has 0 aliphatic rings. The van der Waals surface area contributed by atoms with Crippen molar-refractivity contribution in [1.82, 2.24) is 0 Å². The Kier molecular flexibility index (Phi) is 8.09. The number of carbonyl (C=O) groups is 3. The summed E-state index contributed by atoms with van der Waals surface area (Å²) >= 11 is 0. The number of aryl methyl sites for hydroxylation is 6. The molecular weight excluding hydrogens is 395 g/mol. The number of benzene rings is 2. The molecule has 5 heteroatoms. The van der Waals surface area contributed by atoms with Gasteiger partial charge in [-0.05, 0) is 76.4 Å². The summed E-state index contributed by atoms with van der Waals surface area (Å²) in [5.41, 5.74) is 6.90. The van der Waals surface area contributed by atoms with E-state index in [0.717, 1.165) is 33.4 Å². The van der Waals surface area contributed by atoms with Crippen molar-refractivity contribution in [3.05, 3.63) is 68.8 Å². The zero-order valence-electron chi connectivity index (χ0n) is 19.0. The van der Waals surface area contributed by atoms with Gasteiger partial charge in [0.15, 0.2) is 11.0 Å². The van der Waals surface area contributed by atoms with Crippen LogP contribution in [0.25, 0.3) is 0 Å². The van der Waals surface area contributed by atoms with Crippen LogP contribution >= 0.6 is 7.92 Å². The fourth-order valence-corrected chi connectivity index (χ4v) is 6.32. The Morgan fingerprint density at radius 3 is 1.43 bits per heavy atom. The highest BCUT2D eigenvalue weighted by Crippen LogP contribution is 2.46. The molecule has 0 saturated heterocycles. The van der Waals surface area contributed by atoms with Crippen LogP contribution in [0.2, 0.25) is 0 Å². The highest BCUT2D eigenvalue weighted by atomic mass is 31.1. The lowest BCUT2D eigenvalue weighted by molar-refractivity contribution is -0.140. The van der Waals surface area contributed by atoms with E-state index in [2.05, 4.69) is 0 Å². The average Bonchev–Trinajstić information content (AvgIpc) is 2.59. The Morgan fingerprint density at radius 1 is 0.733 bits per heavy atom. The number of ether oxygens (including phenoxy) is 1. The standard InChI is InChI=1S/C25H31O4P/c1-15-11-17(3)22(18(4)12-15)24(27)30(10-8-9-29-21(7)26)25(28)23-19(5)13-16(2)14-20(23)6/h11-14H,8-10H2,1-7H3. The van der Waals surface area contributed by atoms with Gasteiger partial charge in [-0.15, -0.1) is 0 Å². The first-order chi connectivity index (χ1) is 14.0. The van der Waals surface area contributed by atoms with Gasteiger partial charge < -0.3 is 4.74 Å². The van der Waals surface area contributed by atoms with Crippen molar-refractivity contribution in [2.75, 3.05) is 12.8 Å². The molecule has 0 spiro atoms. The Labute approximate surface area is 180 Å². The molecule has 0 fully saturated rings. The van der Waals surface area contributed by atoms with Gasteiger partial charge in [-0.25, -0.2) is 0 Å². The molecule has 0 N–H and O–H groups in total. The van der Waals surface area contributed by atoms with Gasteiger partial charge >= 0.3 is 5.97 Å². The summed E-state index contributed by atoms with van der Waals surface area (Å²) in [6.45, 7) is 13.3. The molecule has 0 atom stereocenters. The SMILES string of the molecule is CC(=O)OCCCP(C(=O)c1c(C)cc(C)cc1C)C(=O)c1c(C)cc(C)cc1C. The molecule has 160 valence electrons. The van der Waals surface area contributed by atoms with Gasteiger partial charge in [0.25, 0.3) is 0 Å². The van der Waals surface area contributed by atoms with Crippen LogP contribution < -0.4 is 0 Å². The first kappa shape index (κ1) is 24.0. The minimum absolute atomic E-state index is 0.0906. The van der Waals surface area contributed by atoms with Crippen molar-refractivity contribution in [2.45, 2.75) is 54.9 Å². The summed E-state index contributed by atoms with van der Waals surface area (Å²) in [6, 6.07) is 7.94. The van der Waals surface area contributed by atoms with Gasteiger partial charge in [-0.3, -0.25) is 14.4 Å². The summed E-state index contributed by atoms with van der Waals surface area (Å²) in [6.07, 6.45) is 0.885. The van der Waals surface area contributed by atoms with Crippen molar-refractivity contribution < 1.29 is 19.1 Å². The lowest BCUT2D eigenvalue weighted by Crippen LogP contribution is -2.15. The van der Waals surface area contributed by atoms with E-state index in [4.69, 9.17) is 4.74 Å². The highest BCUT2D eigenvalue weighted by Gasteiger charge is 2.31. The Hall–Kier alpha value is -2.32. The van der Waals surface area contributed by atoms with Crippen LogP contribution in [0.3, 0.4) is 0 Å². The smallest absolute Gasteiger partial charge is 0.302 e. The Balaban J connectivity index is 2.46. The van der Waals surface area contributed by atoms with Crippen LogP contribution in [0.5, 0.6) is 0 Å². The molecule has 0 heterocycles. The van der Waals surface area contributed by atoms with Crippen molar-refractivity contribution in [1.29, 1.82) is 0 Å². The first-order valence-electron chi connectivity index (χ1n) is 10.2. The van der Waals surface area contributed by atoms with Gasteiger partial charge in [0.1, 0.15) is 0 Å². The maximum absolute atomic E-state index is 13.6. The average molecular weight is 426 g/mol. The zero-order valence-corrected chi connectivity index (χ0v) is 19.9. The van der Waals surface area contributed by atoms with Crippen molar-refractivity contribution in [2.24, 2.45) is 0 Å². The topological polar surface area (TPSA) is 60.4 Å². The number of hydrogen-bond acceptors (Lipinski definition) is 4. The van der Waals surface area contributed by atoms with Crippen LogP contribution in [0.4, 0.5) is 0 Å². The number of rotatable bonds is 8. The normalized spacial score (nSPS) is 10.9. The molecule has 0 aliphatic heterocycles. The van der Waals surface area contributed by atoms with Crippen LogP contribution in [0, 0.1) is 41.5 Å². The van der Waals surface area contributed by atoms with E-state index in [1.54, 1.807) is 0 Å². The predicted molar refractivity (Wildman–Crippen MR) is 123 cm³/mol. The highest BCUT2D eigenvalue weighted by molar-refractivity contribution is 7.90. The molecule has 0 unspecified atom stereocenters. The first-order valence-corrected chi connectivity index (χ1v) is 11.7. The van der Waals surface area contributed by atoms with Gasteiger partial charge in [0, 0.05) is 26.0 Å². The van der Waals surface area contributed by atoms with E-state index in [1.807, 2.05) is 65.8 Å². The van der Waals surface area contributed by atoms with E-state index in [9.17, 15) is 14.4 Å². The maximum atomic E-state index is 13.6. The van der Waals surface area contributed by atoms with Crippen LogP contribution in [0.1, 0.15) is 67.4 Å². The maximum Gasteiger partial charge on any atom is 0.302 e. The minimum Gasteiger partial charge on any atom is -0.466 e. The van der Waals surface area contributed by atoms with E-state index in [0.29, 0.717) is 23.7 Å². The second-order valence-corrected chi connectivity index (χ2v) is 10.1. The third-order valence-electron chi connectivity index (χ3n) is 5.10. The molecular formula is C25H31O4P. The molecule has 2 aromatic rings. The van der Waals surface area contributed by atoms with Crippen molar-refractivity contribution in [3.63, 3.8) is 0 Å². The van der Waals surface area contributed by atoms with E-state index < -0.39 is 7.92 Å².